The molecule has 1 rings (SSSR count). The van der Waals surface area contributed by atoms with Crippen molar-refractivity contribution in [3.05, 3.63) is 0 Å². The lowest BCUT2D eigenvalue weighted by molar-refractivity contribution is 0.0272. The smallest absolute Gasteiger partial charge is 0.410 e. The Morgan fingerprint density at radius 2 is 2.26 bits per heavy atom. The molecule has 7 nitrogen and oxygen atoms in total. The van der Waals surface area contributed by atoms with Crippen LogP contribution in [0.5, 0.6) is 0 Å². The van der Waals surface area contributed by atoms with Gasteiger partial charge in [0, 0.05) is 0 Å². The first kappa shape index (κ1) is 15.2. The monoisotopic (exact) mass is 269 g/mol. The zero-order chi connectivity index (χ0) is 14.7. The average Bonchev–Trinajstić information content (AvgIpc) is 2.67. The lowest BCUT2D eigenvalue weighted by Crippen LogP contribution is -2.37. The van der Waals surface area contributed by atoms with E-state index >= 15 is 0 Å². The number of amides is 1. The predicted octanol–water partition coefficient (Wildman–Crippen LogP) is 0.742. The van der Waals surface area contributed by atoms with Crippen molar-refractivity contribution in [1.82, 2.24) is 4.90 Å². The van der Waals surface area contributed by atoms with Gasteiger partial charge in [0.25, 0.3) is 0 Å². The van der Waals surface area contributed by atoms with E-state index in [0.717, 1.165) is 0 Å². The summed E-state index contributed by atoms with van der Waals surface area (Å²) in [5, 5.41) is 22.4. The summed E-state index contributed by atoms with van der Waals surface area (Å²) in [6.07, 6.45) is -0.540. The zero-order valence-electron chi connectivity index (χ0n) is 11.6. The van der Waals surface area contributed by atoms with Crippen molar-refractivity contribution in [2.45, 2.75) is 26.4 Å². The number of nitrogens with zero attached hydrogens (tertiary/aromatic N) is 3. The number of oxime groups is 1. The molecule has 1 unspecified atom stereocenters. The highest BCUT2D eigenvalue weighted by Gasteiger charge is 2.47. The summed E-state index contributed by atoms with van der Waals surface area (Å²) in [5.74, 6) is 0. The summed E-state index contributed by atoms with van der Waals surface area (Å²) in [6, 6.07) is 2.00. The fourth-order valence-corrected chi connectivity index (χ4v) is 1.76. The van der Waals surface area contributed by atoms with Crippen molar-refractivity contribution in [2.24, 2.45) is 10.6 Å². The number of nitriles is 1. The van der Waals surface area contributed by atoms with Gasteiger partial charge in [-0.05, 0) is 20.8 Å². The minimum absolute atomic E-state index is 0.0388. The average molecular weight is 269 g/mol. The summed E-state index contributed by atoms with van der Waals surface area (Å²) in [4.78, 5) is 17.9. The van der Waals surface area contributed by atoms with Gasteiger partial charge in [0.05, 0.1) is 25.8 Å². The Hall–Kier alpha value is -1.81. The summed E-state index contributed by atoms with van der Waals surface area (Å²) >= 11 is 0. The second kappa shape index (κ2) is 5.45. The molecular weight excluding hydrogens is 250 g/mol. The van der Waals surface area contributed by atoms with Gasteiger partial charge in [-0.2, -0.15) is 5.26 Å². The van der Waals surface area contributed by atoms with Crippen LogP contribution in [0.2, 0.25) is 0 Å². The molecule has 0 aromatic heterocycles. The number of ether oxygens (including phenoxy) is 1. The van der Waals surface area contributed by atoms with Gasteiger partial charge in [-0.15, -0.1) is 0 Å². The Kier molecular flexibility index (Phi) is 4.37. The minimum atomic E-state index is -1.22. The van der Waals surface area contributed by atoms with Crippen LogP contribution in [-0.4, -0.2) is 54.2 Å². The van der Waals surface area contributed by atoms with E-state index in [1.54, 1.807) is 20.8 Å². The topological polar surface area (TPSA) is 95.1 Å². The van der Waals surface area contributed by atoms with E-state index in [1.165, 1.54) is 12.0 Å². The first-order valence-corrected chi connectivity index (χ1v) is 5.88. The Morgan fingerprint density at radius 1 is 1.63 bits per heavy atom. The van der Waals surface area contributed by atoms with E-state index in [4.69, 9.17) is 4.74 Å². The second-order valence-electron chi connectivity index (χ2n) is 5.41. The first-order chi connectivity index (χ1) is 8.78. The number of hydrogen-bond donors (Lipinski definition) is 1. The highest BCUT2D eigenvalue weighted by atomic mass is 16.6. The number of aliphatic hydroxyl groups is 1. The Labute approximate surface area is 112 Å². The van der Waals surface area contributed by atoms with E-state index in [0.29, 0.717) is 5.71 Å². The van der Waals surface area contributed by atoms with Crippen LogP contribution in [0.1, 0.15) is 20.8 Å². The van der Waals surface area contributed by atoms with E-state index in [-0.39, 0.29) is 13.1 Å². The van der Waals surface area contributed by atoms with Crippen LogP contribution >= 0.6 is 0 Å². The maximum absolute atomic E-state index is 11.9. The molecule has 1 aliphatic rings. The van der Waals surface area contributed by atoms with Crippen molar-refractivity contribution in [1.29, 1.82) is 5.26 Å². The van der Waals surface area contributed by atoms with E-state index in [1.807, 2.05) is 6.07 Å². The van der Waals surface area contributed by atoms with E-state index in [9.17, 15) is 15.2 Å². The van der Waals surface area contributed by atoms with Crippen LogP contribution < -0.4 is 0 Å². The van der Waals surface area contributed by atoms with Crippen LogP contribution in [0.15, 0.2) is 5.16 Å². The first-order valence-electron chi connectivity index (χ1n) is 5.88. The number of aliphatic hydroxyl groups excluding tert-OH is 1. The van der Waals surface area contributed by atoms with Crippen LogP contribution in [-0.2, 0) is 9.57 Å². The maximum atomic E-state index is 11.9. The van der Waals surface area contributed by atoms with Gasteiger partial charge in [0.1, 0.15) is 23.8 Å². The number of hydrogen-bond acceptors (Lipinski definition) is 6. The third-order valence-corrected chi connectivity index (χ3v) is 2.69. The predicted molar refractivity (Wildman–Crippen MR) is 67.4 cm³/mol. The standard InChI is InChI=1S/C12H19N3O4/c1-11(2,3)19-10(17)15-5-9(14-18-4)12(6-13,7-15)8-16/h16H,5,7-8H2,1-4H3/b14-9-. The fourth-order valence-electron chi connectivity index (χ4n) is 1.76. The van der Waals surface area contributed by atoms with Crippen molar-refractivity contribution in [3.63, 3.8) is 0 Å². The molecule has 19 heavy (non-hydrogen) atoms. The van der Waals surface area contributed by atoms with Crippen molar-refractivity contribution < 1.29 is 19.5 Å². The van der Waals surface area contributed by atoms with Crippen LogP contribution in [0, 0.1) is 16.7 Å². The molecule has 1 atom stereocenters. The normalized spacial score (nSPS) is 25.3. The summed E-state index contributed by atoms with van der Waals surface area (Å²) < 4.78 is 5.23. The molecule has 0 spiro atoms. The molecule has 106 valence electrons. The van der Waals surface area contributed by atoms with Gasteiger partial charge >= 0.3 is 6.09 Å². The molecule has 1 amide bonds. The maximum Gasteiger partial charge on any atom is 0.410 e. The van der Waals surface area contributed by atoms with Gasteiger partial charge in [0.2, 0.25) is 0 Å². The molecule has 0 aromatic carbocycles. The number of rotatable bonds is 2. The molecule has 0 saturated carbocycles. The van der Waals surface area contributed by atoms with Crippen molar-refractivity contribution in [3.8, 4) is 6.07 Å². The SMILES string of the molecule is CO/N=C1/CN(C(=O)OC(C)(C)C)CC1(C#N)CO. The minimum Gasteiger partial charge on any atom is -0.444 e. The second-order valence-corrected chi connectivity index (χ2v) is 5.41. The Morgan fingerprint density at radius 3 is 2.68 bits per heavy atom. The molecule has 1 fully saturated rings. The van der Waals surface area contributed by atoms with Gasteiger partial charge in [-0.25, -0.2) is 4.79 Å². The molecular formula is C12H19N3O4. The quantitative estimate of drug-likeness (QED) is 0.746. The number of carbonyl (C=O) groups excluding carboxylic acids is 1. The van der Waals surface area contributed by atoms with Gasteiger partial charge in [-0.3, -0.25) is 0 Å². The molecule has 0 aromatic rings. The third kappa shape index (κ3) is 3.35. The highest BCUT2D eigenvalue weighted by molar-refractivity contribution is 5.98. The summed E-state index contributed by atoms with van der Waals surface area (Å²) in [5.41, 5.74) is -1.51. The molecule has 0 bridgehead atoms. The highest BCUT2D eigenvalue weighted by Crippen LogP contribution is 2.28. The van der Waals surface area contributed by atoms with Crippen LogP contribution in [0.25, 0.3) is 0 Å². The fraction of sp³-hybridized carbons (Fsp3) is 0.750. The van der Waals surface area contributed by atoms with Crippen LogP contribution in [0.3, 0.4) is 0 Å². The number of carbonyl (C=O) groups is 1. The summed E-state index contributed by atoms with van der Waals surface area (Å²) in [6.45, 7) is 5.00. The number of likely N-dealkylation sites (tertiary alicyclic amines) is 1. The molecule has 0 aliphatic carbocycles. The zero-order valence-corrected chi connectivity index (χ0v) is 11.6. The summed E-state index contributed by atoms with van der Waals surface area (Å²) in [7, 11) is 1.35. The van der Waals surface area contributed by atoms with E-state index in [2.05, 4.69) is 9.99 Å². The largest absolute Gasteiger partial charge is 0.444 e. The van der Waals surface area contributed by atoms with Gasteiger partial charge < -0.3 is 19.6 Å². The van der Waals surface area contributed by atoms with Gasteiger partial charge in [0.15, 0.2) is 0 Å². The molecule has 1 saturated heterocycles. The Balaban J connectivity index is 2.91. The van der Waals surface area contributed by atoms with Gasteiger partial charge in [-0.1, -0.05) is 5.16 Å². The van der Waals surface area contributed by atoms with Crippen LogP contribution in [0.4, 0.5) is 4.79 Å². The molecule has 1 aliphatic heterocycles. The molecule has 7 heteroatoms. The van der Waals surface area contributed by atoms with Crippen molar-refractivity contribution in [2.75, 3.05) is 26.8 Å². The lowest BCUT2D eigenvalue weighted by atomic mass is 9.88. The Bertz CT molecular complexity index is 422. The molecule has 1 N–H and O–H groups in total. The lowest BCUT2D eigenvalue weighted by Gasteiger charge is -2.24. The van der Waals surface area contributed by atoms with Crippen molar-refractivity contribution >= 4 is 11.8 Å². The molecule has 1 heterocycles. The third-order valence-electron chi connectivity index (χ3n) is 2.69. The molecule has 0 radical (unpaired) electrons. The van der Waals surface area contributed by atoms with E-state index < -0.39 is 23.7 Å².